The molecule has 0 fully saturated rings. The van der Waals surface area contributed by atoms with E-state index in [0.29, 0.717) is 27.6 Å². The second kappa shape index (κ2) is 6.89. The SMILES string of the molecule is COc1ccc(C(C)=O)cc1COc1ccc(Cl)c2cccnc12. The lowest BCUT2D eigenvalue weighted by molar-refractivity contribution is 0.101. The Balaban J connectivity index is 1.93. The van der Waals surface area contributed by atoms with Gasteiger partial charge in [0, 0.05) is 22.7 Å². The van der Waals surface area contributed by atoms with Crippen LogP contribution in [0.4, 0.5) is 0 Å². The van der Waals surface area contributed by atoms with E-state index >= 15 is 0 Å². The first-order valence-electron chi connectivity index (χ1n) is 7.44. The van der Waals surface area contributed by atoms with Crippen LogP contribution in [0.3, 0.4) is 0 Å². The molecule has 3 aromatic rings. The number of carbonyl (C=O) groups excluding carboxylic acids is 1. The molecule has 0 atom stereocenters. The van der Waals surface area contributed by atoms with Crippen LogP contribution in [0.15, 0.2) is 48.7 Å². The molecular formula is C19H16ClNO3. The Morgan fingerprint density at radius 3 is 2.71 bits per heavy atom. The van der Waals surface area contributed by atoms with Gasteiger partial charge in [-0.3, -0.25) is 9.78 Å². The molecule has 0 aliphatic heterocycles. The molecule has 3 rings (SSSR count). The maximum atomic E-state index is 11.6. The Bertz CT molecular complexity index is 908. The van der Waals surface area contributed by atoms with E-state index in [1.54, 1.807) is 43.6 Å². The van der Waals surface area contributed by atoms with Gasteiger partial charge < -0.3 is 9.47 Å². The number of halogens is 1. The summed E-state index contributed by atoms with van der Waals surface area (Å²) in [4.78, 5) is 15.9. The number of fused-ring (bicyclic) bond motifs is 1. The maximum absolute atomic E-state index is 11.6. The summed E-state index contributed by atoms with van der Waals surface area (Å²) in [5.41, 5.74) is 2.12. The van der Waals surface area contributed by atoms with Crippen LogP contribution in [0.25, 0.3) is 10.9 Å². The second-order valence-corrected chi connectivity index (χ2v) is 5.72. The first-order chi connectivity index (χ1) is 11.6. The van der Waals surface area contributed by atoms with Gasteiger partial charge in [-0.05, 0) is 49.4 Å². The number of hydrogen-bond acceptors (Lipinski definition) is 4. The number of ketones is 1. The van der Waals surface area contributed by atoms with Crippen molar-refractivity contribution in [1.29, 1.82) is 0 Å². The van der Waals surface area contributed by atoms with Crippen LogP contribution in [0.5, 0.6) is 11.5 Å². The van der Waals surface area contributed by atoms with Gasteiger partial charge in [0.05, 0.1) is 12.1 Å². The van der Waals surface area contributed by atoms with E-state index in [0.717, 1.165) is 10.9 Å². The van der Waals surface area contributed by atoms with Crippen LogP contribution in [-0.4, -0.2) is 17.9 Å². The number of nitrogens with zero attached hydrogens (tertiary/aromatic N) is 1. The van der Waals surface area contributed by atoms with Crippen molar-refractivity contribution in [3.8, 4) is 11.5 Å². The van der Waals surface area contributed by atoms with E-state index in [9.17, 15) is 4.79 Å². The zero-order chi connectivity index (χ0) is 17.1. The molecule has 0 saturated carbocycles. The van der Waals surface area contributed by atoms with Crippen LogP contribution in [-0.2, 0) is 6.61 Å². The summed E-state index contributed by atoms with van der Waals surface area (Å²) in [6, 6.07) is 12.6. The standard InChI is InChI=1S/C19H16ClNO3/c1-12(22)13-5-7-17(23-2)14(10-13)11-24-18-8-6-16(20)15-4-3-9-21-19(15)18/h3-10H,11H2,1-2H3. The Morgan fingerprint density at radius 2 is 1.96 bits per heavy atom. The number of benzene rings is 2. The quantitative estimate of drug-likeness (QED) is 0.632. The third-order valence-corrected chi connectivity index (χ3v) is 4.08. The number of aromatic nitrogens is 1. The van der Waals surface area contributed by atoms with Gasteiger partial charge >= 0.3 is 0 Å². The third-order valence-electron chi connectivity index (χ3n) is 3.75. The number of ether oxygens (including phenoxy) is 2. The monoisotopic (exact) mass is 341 g/mol. The minimum atomic E-state index is -0.00230. The van der Waals surface area contributed by atoms with Crippen LogP contribution >= 0.6 is 11.6 Å². The Labute approximate surface area is 145 Å². The van der Waals surface area contributed by atoms with Gasteiger partial charge in [0.1, 0.15) is 23.6 Å². The minimum absolute atomic E-state index is 0.00230. The molecule has 4 nitrogen and oxygen atoms in total. The van der Waals surface area contributed by atoms with E-state index in [1.807, 2.05) is 12.1 Å². The fraction of sp³-hybridized carbons (Fsp3) is 0.158. The molecule has 0 aliphatic carbocycles. The smallest absolute Gasteiger partial charge is 0.159 e. The summed E-state index contributed by atoms with van der Waals surface area (Å²) in [7, 11) is 1.59. The normalized spacial score (nSPS) is 10.6. The molecule has 0 bridgehead atoms. The molecule has 0 amide bonds. The second-order valence-electron chi connectivity index (χ2n) is 5.32. The topological polar surface area (TPSA) is 48.4 Å². The lowest BCUT2D eigenvalue weighted by atomic mass is 10.1. The summed E-state index contributed by atoms with van der Waals surface area (Å²) >= 11 is 6.20. The van der Waals surface area contributed by atoms with Gasteiger partial charge in [0.15, 0.2) is 5.78 Å². The van der Waals surface area contributed by atoms with Crippen molar-refractivity contribution in [2.45, 2.75) is 13.5 Å². The van der Waals surface area contributed by atoms with Crippen molar-refractivity contribution in [3.63, 3.8) is 0 Å². The number of carbonyl (C=O) groups is 1. The van der Waals surface area contributed by atoms with Crippen molar-refractivity contribution in [1.82, 2.24) is 4.98 Å². The number of pyridine rings is 1. The first kappa shape index (κ1) is 16.3. The molecule has 0 saturated heterocycles. The fourth-order valence-corrected chi connectivity index (χ4v) is 2.71. The minimum Gasteiger partial charge on any atom is -0.496 e. The average molecular weight is 342 g/mol. The zero-order valence-electron chi connectivity index (χ0n) is 13.4. The lowest BCUT2D eigenvalue weighted by Crippen LogP contribution is -2.02. The summed E-state index contributed by atoms with van der Waals surface area (Å²) in [5, 5.41) is 1.46. The highest BCUT2D eigenvalue weighted by Gasteiger charge is 2.11. The van der Waals surface area contributed by atoms with Crippen molar-refractivity contribution in [2.75, 3.05) is 7.11 Å². The number of Topliss-reactive ketones (excluding diaryl/α,β-unsaturated/α-hetero) is 1. The van der Waals surface area contributed by atoms with E-state index in [-0.39, 0.29) is 12.4 Å². The fourth-order valence-electron chi connectivity index (χ4n) is 2.49. The molecule has 1 heterocycles. The lowest BCUT2D eigenvalue weighted by Gasteiger charge is -2.13. The number of hydrogen-bond donors (Lipinski definition) is 0. The van der Waals surface area contributed by atoms with Gasteiger partial charge in [0.25, 0.3) is 0 Å². The zero-order valence-corrected chi connectivity index (χ0v) is 14.1. The number of methoxy groups -OCH3 is 1. The van der Waals surface area contributed by atoms with Crippen molar-refractivity contribution in [3.05, 3.63) is 64.8 Å². The van der Waals surface area contributed by atoms with Crippen molar-refractivity contribution >= 4 is 28.3 Å². The molecule has 24 heavy (non-hydrogen) atoms. The van der Waals surface area contributed by atoms with Gasteiger partial charge in [0.2, 0.25) is 0 Å². The highest BCUT2D eigenvalue weighted by atomic mass is 35.5. The Morgan fingerprint density at radius 1 is 1.17 bits per heavy atom. The molecular weight excluding hydrogens is 326 g/mol. The molecule has 0 aliphatic rings. The molecule has 0 unspecified atom stereocenters. The van der Waals surface area contributed by atoms with E-state index in [4.69, 9.17) is 21.1 Å². The van der Waals surface area contributed by atoms with Crippen molar-refractivity contribution < 1.29 is 14.3 Å². The molecule has 0 spiro atoms. The predicted molar refractivity (Wildman–Crippen MR) is 94.1 cm³/mol. The van der Waals surface area contributed by atoms with E-state index in [2.05, 4.69) is 4.98 Å². The highest BCUT2D eigenvalue weighted by Crippen LogP contribution is 2.31. The Kier molecular flexibility index (Phi) is 4.67. The van der Waals surface area contributed by atoms with Gasteiger partial charge in [-0.1, -0.05) is 11.6 Å². The predicted octanol–water partition coefficient (Wildman–Crippen LogP) is 4.68. The molecule has 2 aromatic carbocycles. The van der Waals surface area contributed by atoms with Crippen LogP contribution in [0, 0.1) is 0 Å². The third kappa shape index (κ3) is 3.19. The molecule has 122 valence electrons. The summed E-state index contributed by atoms with van der Waals surface area (Å²) < 4.78 is 11.3. The summed E-state index contributed by atoms with van der Waals surface area (Å²) in [5.74, 6) is 1.30. The maximum Gasteiger partial charge on any atom is 0.159 e. The van der Waals surface area contributed by atoms with Crippen LogP contribution < -0.4 is 9.47 Å². The van der Waals surface area contributed by atoms with Gasteiger partial charge in [-0.2, -0.15) is 0 Å². The van der Waals surface area contributed by atoms with Gasteiger partial charge in [-0.15, -0.1) is 0 Å². The average Bonchev–Trinajstić information content (AvgIpc) is 2.61. The van der Waals surface area contributed by atoms with E-state index < -0.39 is 0 Å². The molecule has 1 aromatic heterocycles. The highest BCUT2D eigenvalue weighted by molar-refractivity contribution is 6.35. The van der Waals surface area contributed by atoms with E-state index in [1.165, 1.54) is 6.92 Å². The number of rotatable bonds is 5. The van der Waals surface area contributed by atoms with Crippen LogP contribution in [0.1, 0.15) is 22.8 Å². The first-order valence-corrected chi connectivity index (χ1v) is 7.82. The van der Waals surface area contributed by atoms with Gasteiger partial charge in [-0.25, -0.2) is 0 Å². The molecule has 0 N–H and O–H groups in total. The molecule has 0 radical (unpaired) electrons. The molecule has 5 heteroatoms. The van der Waals surface area contributed by atoms with Crippen LogP contribution in [0.2, 0.25) is 5.02 Å². The Hall–Kier alpha value is -2.59. The largest absolute Gasteiger partial charge is 0.496 e. The summed E-state index contributed by atoms with van der Waals surface area (Å²) in [6.45, 7) is 1.79. The van der Waals surface area contributed by atoms with Crippen molar-refractivity contribution in [2.24, 2.45) is 0 Å². The summed E-state index contributed by atoms with van der Waals surface area (Å²) in [6.07, 6.45) is 1.70.